The van der Waals surface area contributed by atoms with Crippen LogP contribution in [-0.2, 0) is 11.4 Å². The summed E-state index contributed by atoms with van der Waals surface area (Å²) in [5.74, 6) is 0.377. The molecule has 17 heavy (non-hydrogen) atoms. The van der Waals surface area contributed by atoms with Gasteiger partial charge in [-0.15, -0.1) is 0 Å². The first-order valence-corrected chi connectivity index (χ1v) is 6.50. The number of amides is 1. The van der Waals surface area contributed by atoms with Gasteiger partial charge in [-0.05, 0) is 38.0 Å². The maximum atomic E-state index is 11.5. The van der Waals surface area contributed by atoms with E-state index in [9.17, 15) is 4.79 Å². The molecule has 0 fully saturated rings. The van der Waals surface area contributed by atoms with Crippen LogP contribution >= 0.6 is 11.8 Å². The first kappa shape index (κ1) is 14.0. The number of carbonyl (C=O) groups excluding carboxylic acids is 1. The number of aromatic nitrogens is 1. The normalized spacial score (nSPS) is 10.6. The predicted octanol–water partition coefficient (Wildman–Crippen LogP) is 1.50. The highest BCUT2D eigenvalue weighted by Gasteiger charge is 2.07. The summed E-state index contributed by atoms with van der Waals surface area (Å²) in [6.45, 7) is 5.78. The number of nitrogens with one attached hydrogen (secondary N) is 1. The lowest BCUT2D eigenvalue weighted by molar-refractivity contribution is -0.119. The fourth-order valence-electron chi connectivity index (χ4n) is 1.36. The number of carbonyl (C=O) groups is 1. The molecular weight excluding hydrogens is 236 g/mol. The summed E-state index contributed by atoms with van der Waals surface area (Å²) in [7, 11) is 0. The number of aliphatic hydroxyl groups is 1. The zero-order valence-corrected chi connectivity index (χ0v) is 11.2. The Bertz CT molecular complexity index is 394. The molecule has 2 N–H and O–H groups in total. The van der Waals surface area contributed by atoms with Crippen molar-refractivity contribution in [2.45, 2.75) is 38.4 Å². The van der Waals surface area contributed by atoms with Crippen LogP contribution in [0, 0.1) is 6.92 Å². The summed E-state index contributed by atoms with van der Waals surface area (Å²) in [6, 6.07) is 2.05. The third-order valence-corrected chi connectivity index (χ3v) is 3.17. The predicted molar refractivity (Wildman–Crippen MR) is 68.9 cm³/mol. The summed E-state index contributed by atoms with van der Waals surface area (Å²) in [5, 5.41) is 12.6. The Kier molecular flexibility index (Phi) is 5.44. The Labute approximate surface area is 106 Å². The maximum Gasteiger partial charge on any atom is 0.230 e. The van der Waals surface area contributed by atoms with Gasteiger partial charge < -0.3 is 10.4 Å². The molecule has 0 aliphatic rings. The quantitative estimate of drug-likeness (QED) is 0.782. The van der Waals surface area contributed by atoms with Crippen LogP contribution in [0.1, 0.15) is 25.0 Å². The van der Waals surface area contributed by atoms with Gasteiger partial charge in [0, 0.05) is 12.2 Å². The van der Waals surface area contributed by atoms with E-state index < -0.39 is 0 Å². The Morgan fingerprint density at radius 3 is 2.82 bits per heavy atom. The number of aryl methyl sites for hydroxylation is 1. The van der Waals surface area contributed by atoms with E-state index >= 15 is 0 Å². The number of rotatable bonds is 5. The van der Waals surface area contributed by atoms with Crippen molar-refractivity contribution in [1.82, 2.24) is 10.3 Å². The average molecular weight is 254 g/mol. The van der Waals surface area contributed by atoms with Gasteiger partial charge >= 0.3 is 0 Å². The Hall–Kier alpha value is -1.07. The number of hydrogen-bond acceptors (Lipinski definition) is 4. The minimum Gasteiger partial charge on any atom is -0.392 e. The standard InChI is InChI=1S/C12H18N2O2S/c1-8(2)14-11(16)7-17-12-9(3)4-10(6-15)5-13-12/h4-5,8,15H,6-7H2,1-3H3,(H,14,16). The zero-order valence-electron chi connectivity index (χ0n) is 10.4. The van der Waals surface area contributed by atoms with Crippen molar-refractivity contribution < 1.29 is 9.90 Å². The SMILES string of the molecule is Cc1cc(CO)cnc1SCC(=O)NC(C)C. The van der Waals surface area contributed by atoms with Crippen molar-refractivity contribution in [3.8, 4) is 0 Å². The molecule has 4 nitrogen and oxygen atoms in total. The second kappa shape index (κ2) is 6.61. The Balaban J connectivity index is 2.55. The first-order chi connectivity index (χ1) is 8.02. The number of pyridine rings is 1. The Morgan fingerprint density at radius 2 is 2.29 bits per heavy atom. The summed E-state index contributed by atoms with van der Waals surface area (Å²) in [4.78, 5) is 15.7. The van der Waals surface area contributed by atoms with Gasteiger partial charge in [-0.2, -0.15) is 0 Å². The van der Waals surface area contributed by atoms with Crippen LogP contribution in [0.3, 0.4) is 0 Å². The smallest absolute Gasteiger partial charge is 0.230 e. The number of nitrogens with zero attached hydrogens (tertiary/aromatic N) is 1. The molecule has 0 saturated heterocycles. The minimum atomic E-state index is -0.00732. The van der Waals surface area contributed by atoms with Crippen LogP contribution < -0.4 is 5.32 Å². The molecule has 0 atom stereocenters. The number of hydrogen-bond donors (Lipinski definition) is 2. The minimum absolute atomic E-state index is 0.00732. The lowest BCUT2D eigenvalue weighted by Crippen LogP contribution is -2.31. The fraction of sp³-hybridized carbons (Fsp3) is 0.500. The largest absolute Gasteiger partial charge is 0.392 e. The molecule has 1 aromatic heterocycles. The van der Waals surface area contributed by atoms with E-state index in [-0.39, 0.29) is 18.6 Å². The Morgan fingerprint density at radius 1 is 1.59 bits per heavy atom. The van der Waals surface area contributed by atoms with E-state index in [1.807, 2.05) is 26.8 Å². The average Bonchev–Trinajstić information content (AvgIpc) is 2.26. The lowest BCUT2D eigenvalue weighted by atomic mass is 10.2. The van der Waals surface area contributed by atoms with Crippen molar-refractivity contribution in [3.63, 3.8) is 0 Å². The zero-order chi connectivity index (χ0) is 12.8. The third-order valence-electron chi connectivity index (χ3n) is 2.06. The van der Waals surface area contributed by atoms with Crippen LogP contribution in [-0.4, -0.2) is 27.8 Å². The van der Waals surface area contributed by atoms with Crippen LogP contribution in [0.4, 0.5) is 0 Å². The van der Waals surface area contributed by atoms with Crippen molar-refractivity contribution in [2.75, 3.05) is 5.75 Å². The van der Waals surface area contributed by atoms with Gasteiger partial charge in [-0.25, -0.2) is 4.98 Å². The number of thioether (sulfide) groups is 1. The fourth-order valence-corrected chi connectivity index (χ4v) is 2.12. The van der Waals surface area contributed by atoms with Crippen LogP contribution in [0.25, 0.3) is 0 Å². The van der Waals surface area contributed by atoms with Gasteiger partial charge in [0.1, 0.15) is 0 Å². The highest BCUT2D eigenvalue weighted by molar-refractivity contribution is 7.99. The summed E-state index contributed by atoms with van der Waals surface area (Å²) >= 11 is 1.41. The van der Waals surface area contributed by atoms with E-state index in [2.05, 4.69) is 10.3 Å². The van der Waals surface area contributed by atoms with Crippen LogP contribution in [0.5, 0.6) is 0 Å². The molecule has 1 aromatic rings. The van der Waals surface area contributed by atoms with E-state index in [1.165, 1.54) is 11.8 Å². The van der Waals surface area contributed by atoms with Crippen molar-refractivity contribution >= 4 is 17.7 Å². The van der Waals surface area contributed by atoms with Gasteiger partial charge in [0.2, 0.25) is 5.91 Å². The van der Waals surface area contributed by atoms with Gasteiger partial charge in [0.15, 0.2) is 0 Å². The van der Waals surface area contributed by atoms with Gasteiger partial charge in [0.05, 0.1) is 17.4 Å². The molecule has 0 radical (unpaired) electrons. The van der Waals surface area contributed by atoms with E-state index in [1.54, 1.807) is 6.20 Å². The molecule has 5 heteroatoms. The molecule has 0 aliphatic carbocycles. The molecule has 0 unspecified atom stereocenters. The summed E-state index contributed by atoms with van der Waals surface area (Å²) in [6.07, 6.45) is 1.63. The summed E-state index contributed by atoms with van der Waals surface area (Å²) in [5.41, 5.74) is 1.78. The summed E-state index contributed by atoms with van der Waals surface area (Å²) < 4.78 is 0. The second-order valence-corrected chi connectivity index (χ2v) is 5.10. The molecule has 0 saturated carbocycles. The molecule has 0 aromatic carbocycles. The molecular formula is C12H18N2O2S. The first-order valence-electron chi connectivity index (χ1n) is 5.51. The second-order valence-electron chi connectivity index (χ2n) is 4.13. The monoisotopic (exact) mass is 254 g/mol. The topological polar surface area (TPSA) is 62.2 Å². The maximum absolute atomic E-state index is 11.5. The molecule has 1 rings (SSSR count). The van der Waals surface area contributed by atoms with E-state index in [4.69, 9.17) is 5.11 Å². The molecule has 0 aliphatic heterocycles. The third kappa shape index (κ3) is 4.75. The van der Waals surface area contributed by atoms with Crippen molar-refractivity contribution in [1.29, 1.82) is 0 Å². The van der Waals surface area contributed by atoms with E-state index in [0.29, 0.717) is 5.75 Å². The van der Waals surface area contributed by atoms with Crippen molar-refractivity contribution in [2.24, 2.45) is 0 Å². The van der Waals surface area contributed by atoms with Crippen LogP contribution in [0.2, 0.25) is 0 Å². The highest BCUT2D eigenvalue weighted by atomic mass is 32.2. The lowest BCUT2D eigenvalue weighted by Gasteiger charge is -2.09. The van der Waals surface area contributed by atoms with Gasteiger partial charge in [0.25, 0.3) is 0 Å². The van der Waals surface area contributed by atoms with Crippen molar-refractivity contribution in [3.05, 3.63) is 23.4 Å². The molecule has 1 amide bonds. The van der Waals surface area contributed by atoms with Crippen LogP contribution in [0.15, 0.2) is 17.3 Å². The molecule has 0 spiro atoms. The highest BCUT2D eigenvalue weighted by Crippen LogP contribution is 2.20. The van der Waals surface area contributed by atoms with Gasteiger partial charge in [-0.1, -0.05) is 11.8 Å². The van der Waals surface area contributed by atoms with Gasteiger partial charge in [-0.3, -0.25) is 4.79 Å². The van der Waals surface area contributed by atoms with E-state index in [0.717, 1.165) is 16.2 Å². The molecule has 0 bridgehead atoms. The molecule has 1 heterocycles. The molecule has 94 valence electrons. The number of aliphatic hydroxyl groups excluding tert-OH is 1.